The SMILES string of the molecule is CCNC(=O)c1nnc(Nc2ccc(CN3CCC4(CN(c5ccc(NC6CCC(=O)NC6=O)cc5F)C4)C(F)(F)C3)cn2)cc1Nc1cccc(-c2ncn(C)n2)c1OC. The maximum Gasteiger partial charge on any atom is 0.273 e. The number of rotatable bonds is 13. The van der Waals surface area contributed by atoms with Gasteiger partial charge >= 0.3 is 0 Å². The molecule has 17 nitrogen and oxygen atoms in total. The van der Waals surface area contributed by atoms with Crippen molar-refractivity contribution >= 4 is 52.1 Å². The van der Waals surface area contributed by atoms with E-state index in [1.54, 1.807) is 71.3 Å². The number of aryl methyl sites for hydroxylation is 1. The number of likely N-dealkylation sites (tertiary alicyclic amines) is 1. The van der Waals surface area contributed by atoms with Gasteiger partial charge in [0.05, 0.1) is 41.7 Å². The van der Waals surface area contributed by atoms with E-state index >= 15 is 13.2 Å². The zero-order valence-electron chi connectivity index (χ0n) is 33.6. The van der Waals surface area contributed by atoms with Crippen molar-refractivity contribution in [2.24, 2.45) is 12.5 Å². The highest BCUT2D eigenvalue weighted by molar-refractivity contribution is 6.01. The van der Waals surface area contributed by atoms with E-state index in [2.05, 4.69) is 51.8 Å². The molecule has 3 aliphatic heterocycles. The Morgan fingerprint density at radius 2 is 1.84 bits per heavy atom. The number of methoxy groups -OCH3 is 1. The second-order valence-electron chi connectivity index (χ2n) is 15.4. The standard InChI is InChI=1S/C41H44F3N13O4/c1-4-45-39(60)35-30(49-28-7-5-6-26(36(28)61-3)37-47-23-55(2)54-37)17-33(52-53-35)50-32-12-8-24(18-46-32)19-56-15-14-40(41(43,44)22-56)20-57(21-40)31-11-9-25(16-27(31)42)48-29-10-13-34(58)51-38(29)59/h5-9,11-12,16-18,23,29,48H,4,10,13-15,19-22H2,1-3H3,(H,45,60)(H,51,58,59)(H2,46,49,50,52). The highest BCUT2D eigenvalue weighted by atomic mass is 19.3. The Kier molecular flexibility index (Phi) is 11.2. The minimum atomic E-state index is -3.02. The number of carbonyl (C=O) groups excluding carboxylic acids is 3. The van der Waals surface area contributed by atoms with E-state index in [-0.39, 0.29) is 55.6 Å². The Balaban J connectivity index is 0.889. The fourth-order valence-corrected chi connectivity index (χ4v) is 7.93. The number of hydrogen-bond donors (Lipinski definition) is 5. The van der Waals surface area contributed by atoms with Crippen molar-refractivity contribution in [1.29, 1.82) is 0 Å². The Hall–Kier alpha value is -6.83. The second-order valence-corrected chi connectivity index (χ2v) is 15.4. The molecule has 3 aliphatic rings. The lowest BCUT2D eigenvalue weighted by molar-refractivity contribution is -0.181. The number of imide groups is 1. The molecule has 20 heteroatoms. The van der Waals surface area contributed by atoms with E-state index in [1.165, 1.54) is 19.2 Å². The number of anilines is 6. The van der Waals surface area contributed by atoms with Gasteiger partial charge in [0.15, 0.2) is 23.1 Å². The van der Waals surface area contributed by atoms with E-state index in [9.17, 15) is 14.4 Å². The summed E-state index contributed by atoms with van der Waals surface area (Å²) in [5, 5.41) is 27.1. The molecule has 2 aromatic carbocycles. The molecule has 0 radical (unpaired) electrons. The molecule has 0 saturated carbocycles. The summed E-state index contributed by atoms with van der Waals surface area (Å²) in [6.45, 7) is 2.43. The number of nitrogens with one attached hydrogen (secondary N) is 5. The third-order valence-electron chi connectivity index (χ3n) is 11.1. The van der Waals surface area contributed by atoms with Crippen LogP contribution in [0.4, 0.5) is 47.6 Å². The van der Waals surface area contributed by atoms with E-state index in [0.717, 1.165) is 5.56 Å². The molecular formula is C41H44F3N13O4. The first-order valence-electron chi connectivity index (χ1n) is 19.8. The number of para-hydroxylation sites is 1. The van der Waals surface area contributed by atoms with Gasteiger partial charge in [-0.05, 0) is 68.3 Å². The van der Waals surface area contributed by atoms with Crippen molar-refractivity contribution in [3.63, 3.8) is 0 Å². The van der Waals surface area contributed by atoms with Crippen LogP contribution in [0.25, 0.3) is 11.4 Å². The van der Waals surface area contributed by atoms with Crippen molar-refractivity contribution < 1.29 is 32.3 Å². The van der Waals surface area contributed by atoms with Gasteiger partial charge < -0.3 is 30.9 Å². The van der Waals surface area contributed by atoms with Crippen molar-refractivity contribution in [2.45, 2.75) is 44.7 Å². The third-order valence-corrected chi connectivity index (χ3v) is 11.1. The minimum Gasteiger partial charge on any atom is -0.494 e. The molecule has 1 atom stereocenters. The summed E-state index contributed by atoms with van der Waals surface area (Å²) in [6.07, 6.45) is 3.90. The summed E-state index contributed by atoms with van der Waals surface area (Å²) in [5.74, 6) is -3.24. The van der Waals surface area contributed by atoms with E-state index < -0.39 is 41.6 Å². The molecule has 0 bridgehead atoms. The summed E-state index contributed by atoms with van der Waals surface area (Å²) >= 11 is 0. The van der Waals surface area contributed by atoms with Crippen LogP contribution in [-0.4, -0.2) is 104 Å². The fraction of sp³-hybridized carbons (Fsp3) is 0.366. The van der Waals surface area contributed by atoms with Gasteiger partial charge in [-0.3, -0.25) is 29.3 Å². The number of benzene rings is 2. The molecule has 1 spiro atoms. The number of hydrogen-bond acceptors (Lipinski definition) is 14. The lowest BCUT2D eigenvalue weighted by Gasteiger charge is -2.58. The molecule has 0 aliphatic carbocycles. The number of carbonyl (C=O) groups is 3. The zero-order valence-corrected chi connectivity index (χ0v) is 33.6. The lowest BCUT2D eigenvalue weighted by atomic mass is 9.69. The van der Waals surface area contributed by atoms with Gasteiger partial charge in [-0.1, -0.05) is 12.1 Å². The predicted octanol–water partition coefficient (Wildman–Crippen LogP) is 4.62. The van der Waals surface area contributed by atoms with Gasteiger partial charge in [0.1, 0.15) is 24.0 Å². The molecule has 318 valence electrons. The van der Waals surface area contributed by atoms with Crippen molar-refractivity contribution in [2.75, 3.05) is 60.7 Å². The average molecular weight is 840 g/mol. The van der Waals surface area contributed by atoms with Crippen molar-refractivity contribution in [1.82, 2.24) is 45.5 Å². The first-order valence-corrected chi connectivity index (χ1v) is 19.8. The molecule has 3 fully saturated rings. The number of ether oxygens (including phenoxy) is 1. The number of aromatic nitrogens is 6. The molecule has 6 heterocycles. The predicted molar refractivity (Wildman–Crippen MR) is 220 cm³/mol. The molecule has 8 rings (SSSR count). The zero-order chi connectivity index (χ0) is 42.9. The minimum absolute atomic E-state index is 0.0135. The third kappa shape index (κ3) is 8.47. The Morgan fingerprint density at radius 1 is 1.00 bits per heavy atom. The second kappa shape index (κ2) is 16.7. The van der Waals surface area contributed by atoms with Crippen LogP contribution in [-0.2, 0) is 23.2 Å². The Bertz CT molecular complexity index is 2460. The van der Waals surface area contributed by atoms with Crippen LogP contribution in [0.1, 0.15) is 42.2 Å². The van der Waals surface area contributed by atoms with Crippen LogP contribution in [0, 0.1) is 11.2 Å². The van der Waals surface area contributed by atoms with Gasteiger partial charge in [-0.25, -0.2) is 23.1 Å². The first-order chi connectivity index (χ1) is 29.3. The number of piperidine rings is 2. The first kappa shape index (κ1) is 40.9. The molecule has 5 N–H and O–H groups in total. The summed E-state index contributed by atoms with van der Waals surface area (Å²) < 4.78 is 54.3. The summed E-state index contributed by atoms with van der Waals surface area (Å²) in [5.41, 5.74) is 1.60. The van der Waals surface area contributed by atoms with Crippen LogP contribution in [0.15, 0.2) is 67.1 Å². The van der Waals surface area contributed by atoms with Crippen LogP contribution in [0.2, 0.25) is 0 Å². The molecule has 3 amide bonds. The summed E-state index contributed by atoms with van der Waals surface area (Å²) in [7, 11) is 3.29. The van der Waals surface area contributed by atoms with E-state index in [0.29, 0.717) is 59.5 Å². The van der Waals surface area contributed by atoms with Gasteiger partial charge in [0.25, 0.3) is 11.8 Å². The van der Waals surface area contributed by atoms with Gasteiger partial charge in [0, 0.05) is 57.6 Å². The maximum atomic E-state index is 15.9. The van der Waals surface area contributed by atoms with Crippen molar-refractivity contribution in [3.8, 4) is 17.1 Å². The number of amides is 3. The molecular weight excluding hydrogens is 796 g/mol. The van der Waals surface area contributed by atoms with Gasteiger partial charge in [-0.2, -0.15) is 5.10 Å². The Morgan fingerprint density at radius 3 is 2.52 bits per heavy atom. The van der Waals surface area contributed by atoms with E-state index in [1.807, 2.05) is 12.1 Å². The largest absolute Gasteiger partial charge is 0.494 e. The molecule has 3 aromatic heterocycles. The summed E-state index contributed by atoms with van der Waals surface area (Å²) in [6, 6.07) is 14.3. The topological polar surface area (TPSA) is 196 Å². The molecule has 3 saturated heterocycles. The number of alkyl halides is 2. The number of pyridine rings is 1. The fourth-order valence-electron chi connectivity index (χ4n) is 7.93. The molecule has 61 heavy (non-hydrogen) atoms. The number of nitrogens with zero attached hydrogens (tertiary/aromatic N) is 8. The monoisotopic (exact) mass is 839 g/mol. The Labute approximate surface area is 348 Å². The highest BCUT2D eigenvalue weighted by Gasteiger charge is 2.62. The highest BCUT2D eigenvalue weighted by Crippen LogP contribution is 2.52. The van der Waals surface area contributed by atoms with Crippen LogP contribution in [0.5, 0.6) is 5.75 Å². The summed E-state index contributed by atoms with van der Waals surface area (Å²) in [4.78, 5) is 48.7. The lowest BCUT2D eigenvalue weighted by Crippen LogP contribution is -2.70. The normalized spacial score (nSPS) is 18.3. The molecule has 1 unspecified atom stereocenters. The molecule has 5 aromatic rings. The van der Waals surface area contributed by atoms with Crippen LogP contribution >= 0.6 is 0 Å². The smallest absolute Gasteiger partial charge is 0.273 e. The average Bonchev–Trinajstić information content (AvgIpc) is 3.65. The van der Waals surface area contributed by atoms with Gasteiger partial charge in [0.2, 0.25) is 11.8 Å². The quantitative estimate of drug-likeness (QED) is 0.103. The van der Waals surface area contributed by atoms with Crippen LogP contribution < -0.4 is 36.2 Å². The number of halogens is 3. The van der Waals surface area contributed by atoms with Crippen molar-refractivity contribution in [3.05, 3.63) is 84.2 Å². The van der Waals surface area contributed by atoms with Crippen LogP contribution in [0.3, 0.4) is 0 Å². The van der Waals surface area contributed by atoms with Gasteiger partial charge in [-0.15, -0.1) is 10.2 Å². The van der Waals surface area contributed by atoms with E-state index in [4.69, 9.17) is 4.74 Å². The maximum absolute atomic E-state index is 15.9.